The number of benzene rings is 3. The Hall–Kier alpha value is -2.70. The minimum atomic E-state index is -4.51. The molecule has 1 heterocycles. The van der Waals surface area contributed by atoms with E-state index in [0.717, 1.165) is 35.2 Å². The van der Waals surface area contributed by atoms with Gasteiger partial charge in [-0.15, -0.1) is 0 Å². The van der Waals surface area contributed by atoms with Crippen LogP contribution in [0.15, 0.2) is 48.5 Å². The molecule has 31 heavy (non-hydrogen) atoms. The fourth-order valence-corrected chi connectivity index (χ4v) is 4.42. The third-order valence-electron chi connectivity index (χ3n) is 5.55. The molecule has 4 rings (SSSR count). The summed E-state index contributed by atoms with van der Waals surface area (Å²) in [4.78, 5) is 3.05. The van der Waals surface area contributed by atoms with E-state index in [0.29, 0.717) is 35.4 Å². The Kier molecular flexibility index (Phi) is 5.86. The molecular formula is C24H22ClF3N2O. The lowest BCUT2D eigenvalue weighted by Gasteiger charge is -2.13. The molecule has 162 valence electrons. The maximum atomic E-state index is 13.7. The molecule has 1 aromatic heterocycles. The molecule has 0 spiro atoms. The van der Waals surface area contributed by atoms with Gasteiger partial charge in [-0.1, -0.05) is 41.9 Å². The molecule has 0 atom stereocenters. The van der Waals surface area contributed by atoms with Crippen LogP contribution in [0.25, 0.3) is 32.9 Å². The fourth-order valence-electron chi connectivity index (χ4n) is 4.15. The normalized spacial score (nSPS) is 12.1. The molecule has 0 aliphatic rings. The SMILES string of the molecule is COc1c(-c2[nH]c3c(C(F)(F)F)ccc(Cl)c3c2CCCCN)ccc2ccccc12. The maximum Gasteiger partial charge on any atom is 0.418 e. The van der Waals surface area contributed by atoms with E-state index in [1.54, 1.807) is 7.11 Å². The topological polar surface area (TPSA) is 51.0 Å². The molecule has 0 saturated heterocycles. The summed E-state index contributed by atoms with van der Waals surface area (Å²) in [7, 11) is 1.57. The Morgan fingerprint density at radius 3 is 2.52 bits per heavy atom. The summed E-state index contributed by atoms with van der Waals surface area (Å²) < 4.78 is 47.0. The number of fused-ring (bicyclic) bond motifs is 2. The second kappa shape index (κ2) is 8.44. The van der Waals surface area contributed by atoms with Crippen molar-refractivity contribution in [3.63, 3.8) is 0 Å². The molecule has 0 fully saturated rings. The Balaban J connectivity index is 2.05. The monoisotopic (exact) mass is 446 g/mol. The summed E-state index contributed by atoms with van der Waals surface area (Å²) in [6.45, 7) is 0.512. The number of unbranched alkanes of at least 4 members (excludes halogenated alkanes) is 1. The van der Waals surface area contributed by atoms with Crippen molar-refractivity contribution in [2.75, 3.05) is 13.7 Å². The number of methoxy groups -OCH3 is 1. The first kappa shape index (κ1) is 21.5. The number of aryl methyl sites for hydroxylation is 1. The van der Waals surface area contributed by atoms with Crippen LogP contribution in [0.3, 0.4) is 0 Å². The lowest BCUT2D eigenvalue weighted by Crippen LogP contribution is -2.05. The number of nitrogens with two attached hydrogens (primary N) is 1. The lowest BCUT2D eigenvalue weighted by atomic mass is 9.97. The van der Waals surface area contributed by atoms with Crippen LogP contribution >= 0.6 is 11.6 Å². The van der Waals surface area contributed by atoms with E-state index in [-0.39, 0.29) is 10.5 Å². The summed E-state index contributed by atoms with van der Waals surface area (Å²) in [6.07, 6.45) is -2.47. The number of aromatic nitrogens is 1. The van der Waals surface area contributed by atoms with E-state index in [1.807, 2.05) is 36.4 Å². The van der Waals surface area contributed by atoms with Crippen molar-refractivity contribution >= 4 is 33.3 Å². The van der Waals surface area contributed by atoms with Gasteiger partial charge in [0.15, 0.2) is 0 Å². The number of alkyl halides is 3. The second-order valence-electron chi connectivity index (χ2n) is 7.43. The number of hydrogen-bond donors (Lipinski definition) is 2. The number of rotatable bonds is 6. The molecule has 0 unspecified atom stereocenters. The summed E-state index contributed by atoms with van der Waals surface area (Å²) in [5.41, 5.74) is 6.93. The molecule has 0 amide bonds. The highest BCUT2D eigenvalue weighted by atomic mass is 35.5. The van der Waals surface area contributed by atoms with Crippen molar-refractivity contribution in [3.8, 4) is 17.0 Å². The first-order valence-corrected chi connectivity index (χ1v) is 10.4. The number of ether oxygens (including phenoxy) is 1. The van der Waals surface area contributed by atoms with Crippen LogP contribution in [0.2, 0.25) is 5.02 Å². The van der Waals surface area contributed by atoms with Gasteiger partial charge in [0.25, 0.3) is 0 Å². The molecule has 3 aromatic carbocycles. The van der Waals surface area contributed by atoms with Crippen LogP contribution in [0, 0.1) is 0 Å². The molecule has 0 radical (unpaired) electrons. The quantitative estimate of drug-likeness (QED) is 0.315. The number of hydrogen-bond acceptors (Lipinski definition) is 2. The first-order chi connectivity index (χ1) is 14.9. The summed E-state index contributed by atoms with van der Waals surface area (Å²) in [6, 6.07) is 13.9. The van der Waals surface area contributed by atoms with Gasteiger partial charge in [-0.3, -0.25) is 0 Å². The standard InChI is InChI=1S/C24H22ClF3N2O/c1-31-23-15-7-3-2-6-14(15)9-10-17(23)21-16(8-4-5-13-29)20-19(25)12-11-18(22(20)30-21)24(26,27)28/h2-3,6-7,9-12,30H,4-5,8,13,29H2,1H3. The minimum absolute atomic E-state index is 0.00652. The van der Waals surface area contributed by atoms with Gasteiger partial charge in [0.1, 0.15) is 5.75 Å². The highest BCUT2D eigenvalue weighted by Gasteiger charge is 2.35. The smallest absolute Gasteiger partial charge is 0.418 e. The van der Waals surface area contributed by atoms with E-state index < -0.39 is 11.7 Å². The molecular weight excluding hydrogens is 425 g/mol. The number of nitrogens with one attached hydrogen (secondary N) is 1. The first-order valence-electron chi connectivity index (χ1n) is 10.0. The third-order valence-corrected chi connectivity index (χ3v) is 5.86. The van der Waals surface area contributed by atoms with Crippen LogP contribution in [0.1, 0.15) is 24.0 Å². The van der Waals surface area contributed by atoms with Gasteiger partial charge in [0.2, 0.25) is 0 Å². The van der Waals surface area contributed by atoms with E-state index in [9.17, 15) is 13.2 Å². The van der Waals surface area contributed by atoms with E-state index in [2.05, 4.69) is 4.98 Å². The third kappa shape index (κ3) is 3.86. The maximum absolute atomic E-state index is 13.7. The highest BCUT2D eigenvalue weighted by molar-refractivity contribution is 6.36. The molecule has 0 aliphatic heterocycles. The van der Waals surface area contributed by atoms with Gasteiger partial charge in [-0.2, -0.15) is 13.2 Å². The van der Waals surface area contributed by atoms with Crippen molar-refractivity contribution in [3.05, 3.63) is 64.7 Å². The molecule has 0 bridgehead atoms. The van der Waals surface area contributed by atoms with Crippen LogP contribution in [0.5, 0.6) is 5.75 Å². The zero-order valence-electron chi connectivity index (χ0n) is 16.9. The lowest BCUT2D eigenvalue weighted by molar-refractivity contribution is -0.136. The van der Waals surface area contributed by atoms with Gasteiger partial charge >= 0.3 is 6.18 Å². The fraction of sp³-hybridized carbons (Fsp3) is 0.250. The Labute approximate surface area is 183 Å². The van der Waals surface area contributed by atoms with Gasteiger partial charge in [0, 0.05) is 16.3 Å². The molecule has 0 saturated carbocycles. The number of H-pyrrole nitrogens is 1. The molecule has 0 aliphatic carbocycles. The van der Waals surface area contributed by atoms with Crippen molar-refractivity contribution in [2.24, 2.45) is 5.73 Å². The van der Waals surface area contributed by atoms with Crippen molar-refractivity contribution in [1.29, 1.82) is 0 Å². The second-order valence-corrected chi connectivity index (χ2v) is 7.84. The molecule has 7 heteroatoms. The zero-order chi connectivity index (χ0) is 22.2. The van der Waals surface area contributed by atoms with Gasteiger partial charge in [-0.05, 0) is 55.0 Å². The van der Waals surface area contributed by atoms with Crippen LogP contribution in [-0.4, -0.2) is 18.6 Å². The van der Waals surface area contributed by atoms with Gasteiger partial charge < -0.3 is 15.5 Å². The van der Waals surface area contributed by atoms with Crippen molar-refractivity contribution < 1.29 is 17.9 Å². The van der Waals surface area contributed by atoms with E-state index in [4.69, 9.17) is 22.1 Å². The predicted octanol–water partition coefficient (Wildman–Crippen LogP) is 6.95. The van der Waals surface area contributed by atoms with Gasteiger partial charge in [0.05, 0.1) is 28.9 Å². The van der Waals surface area contributed by atoms with Crippen LogP contribution < -0.4 is 10.5 Å². The zero-order valence-corrected chi connectivity index (χ0v) is 17.7. The predicted molar refractivity (Wildman–Crippen MR) is 120 cm³/mol. The Bertz CT molecular complexity index is 1250. The van der Waals surface area contributed by atoms with E-state index in [1.165, 1.54) is 6.07 Å². The summed E-state index contributed by atoms with van der Waals surface area (Å²) >= 11 is 6.42. The van der Waals surface area contributed by atoms with E-state index >= 15 is 0 Å². The van der Waals surface area contributed by atoms with Gasteiger partial charge in [-0.25, -0.2) is 0 Å². The molecule has 4 aromatic rings. The minimum Gasteiger partial charge on any atom is -0.495 e. The molecule has 3 nitrogen and oxygen atoms in total. The van der Waals surface area contributed by atoms with Crippen LogP contribution in [-0.2, 0) is 12.6 Å². The molecule has 3 N–H and O–H groups in total. The number of aromatic amines is 1. The van der Waals surface area contributed by atoms with Crippen molar-refractivity contribution in [1.82, 2.24) is 4.98 Å². The number of halogens is 4. The van der Waals surface area contributed by atoms with Crippen molar-refractivity contribution in [2.45, 2.75) is 25.4 Å². The van der Waals surface area contributed by atoms with Crippen LogP contribution in [0.4, 0.5) is 13.2 Å². The highest BCUT2D eigenvalue weighted by Crippen LogP contribution is 2.45. The Morgan fingerprint density at radius 2 is 1.81 bits per heavy atom. The average Bonchev–Trinajstić information content (AvgIpc) is 3.12. The average molecular weight is 447 g/mol. The Morgan fingerprint density at radius 1 is 1.03 bits per heavy atom. The summed E-state index contributed by atoms with van der Waals surface area (Å²) in [5.74, 6) is 0.606. The summed E-state index contributed by atoms with van der Waals surface area (Å²) in [5, 5.41) is 2.56. The largest absolute Gasteiger partial charge is 0.495 e.